The number of nitrogens with one attached hydrogen (secondary N) is 1. The van der Waals surface area contributed by atoms with Crippen LogP contribution in [0.1, 0.15) is 19.8 Å². The Morgan fingerprint density at radius 1 is 1.75 bits per heavy atom. The van der Waals surface area contributed by atoms with Gasteiger partial charge in [0.1, 0.15) is 0 Å². The second-order valence-corrected chi connectivity index (χ2v) is 2.30. The van der Waals surface area contributed by atoms with Gasteiger partial charge in [0.2, 0.25) is 5.91 Å². The summed E-state index contributed by atoms with van der Waals surface area (Å²) in [6.45, 7) is 3.95. The van der Waals surface area contributed by atoms with Crippen molar-refractivity contribution in [2.45, 2.75) is 19.8 Å². The molecule has 1 unspecified atom stereocenters. The first-order chi connectivity index (χ1) is 3.81. The minimum atomic E-state index is 0.174. The quantitative estimate of drug-likeness (QED) is 0.574. The van der Waals surface area contributed by atoms with Gasteiger partial charge in [0.15, 0.2) is 0 Å². The molecule has 0 rings (SSSR count). The zero-order chi connectivity index (χ0) is 6.41. The first-order valence-electron chi connectivity index (χ1n) is 2.76. The van der Waals surface area contributed by atoms with Crippen LogP contribution in [0.2, 0.25) is 0 Å². The van der Waals surface area contributed by atoms with Crippen LogP contribution in [0.4, 0.5) is 0 Å². The highest BCUT2D eigenvalue weighted by atomic mass is 31.1. The van der Waals surface area contributed by atoms with E-state index in [-0.39, 0.29) is 5.91 Å². The summed E-state index contributed by atoms with van der Waals surface area (Å²) in [4.78, 5) is 10.5. The molecule has 0 saturated heterocycles. The van der Waals surface area contributed by atoms with Gasteiger partial charge in [-0.25, -0.2) is 0 Å². The van der Waals surface area contributed by atoms with Crippen LogP contribution >= 0.6 is 8.73 Å². The first kappa shape index (κ1) is 7.90. The van der Waals surface area contributed by atoms with Crippen LogP contribution in [0, 0.1) is 0 Å². The van der Waals surface area contributed by atoms with Gasteiger partial charge in [0, 0.05) is 6.42 Å². The van der Waals surface area contributed by atoms with E-state index in [1.54, 1.807) is 0 Å². The smallest absolute Gasteiger partial charge is 0.222 e. The Morgan fingerprint density at radius 2 is 2.38 bits per heavy atom. The highest BCUT2D eigenvalue weighted by Crippen LogP contribution is 1.95. The van der Waals surface area contributed by atoms with Gasteiger partial charge in [-0.1, -0.05) is 6.92 Å². The Kier molecular flexibility index (Phi) is 4.98. The van der Waals surface area contributed by atoms with Gasteiger partial charge in [-0.15, -0.1) is 0 Å². The van der Waals surface area contributed by atoms with Gasteiger partial charge in [-0.2, -0.15) is 0 Å². The Bertz CT molecular complexity index is 66.8. The molecule has 0 aliphatic rings. The largest absolute Gasteiger partial charge is 0.338 e. The summed E-state index contributed by atoms with van der Waals surface area (Å²) in [5.74, 6) is 0.174. The maximum absolute atomic E-state index is 10.5. The predicted octanol–water partition coefficient (Wildman–Crippen LogP) is 1.13. The molecule has 3 heteroatoms. The minimum Gasteiger partial charge on any atom is -0.338 e. The van der Waals surface area contributed by atoms with E-state index in [2.05, 4.69) is 5.09 Å². The molecule has 2 nitrogen and oxygen atoms in total. The van der Waals surface area contributed by atoms with Gasteiger partial charge in [0.05, 0.1) is 0 Å². The highest BCUT2D eigenvalue weighted by Gasteiger charge is 1.92. The second kappa shape index (κ2) is 5.04. The zero-order valence-electron chi connectivity index (χ0n) is 5.32. The van der Waals surface area contributed by atoms with Crippen molar-refractivity contribution in [2.75, 3.05) is 6.66 Å². The molecule has 1 N–H and O–H groups in total. The van der Waals surface area contributed by atoms with E-state index in [4.69, 9.17) is 0 Å². The van der Waals surface area contributed by atoms with E-state index in [1.807, 2.05) is 13.6 Å². The fourth-order valence-electron chi connectivity index (χ4n) is 0.429. The van der Waals surface area contributed by atoms with Gasteiger partial charge in [0.25, 0.3) is 0 Å². The Labute approximate surface area is 51.9 Å². The molecule has 0 heterocycles. The molecule has 0 spiro atoms. The molecule has 1 amide bonds. The van der Waals surface area contributed by atoms with Crippen molar-refractivity contribution in [2.24, 2.45) is 0 Å². The molecule has 0 aromatic rings. The highest BCUT2D eigenvalue weighted by molar-refractivity contribution is 7.35. The SMILES string of the molecule is CCCC(=O)NPC. The van der Waals surface area contributed by atoms with Crippen molar-refractivity contribution < 1.29 is 4.79 Å². The Morgan fingerprint density at radius 3 is 2.75 bits per heavy atom. The predicted molar refractivity (Wildman–Crippen MR) is 37.3 cm³/mol. The summed E-state index contributed by atoms with van der Waals surface area (Å²) in [6.07, 6.45) is 1.61. The molecule has 0 aromatic heterocycles. The summed E-state index contributed by atoms with van der Waals surface area (Å²) in [7, 11) is 0.548. The lowest BCUT2D eigenvalue weighted by atomic mass is 10.3. The molecular weight excluding hydrogens is 121 g/mol. The van der Waals surface area contributed by atoms with Crippen LogP contribution in [0.3, 0.4) is 0 Å². The normalized spacial score (nSPS) is 10.2. The first-order valence-corrected chi connectivity index (χ1v) is 4.26. The summed E-state index contributed by atoms with van der Waals surface area (Å²) in [6, 6.07) is 0. The van der Waals surface area contributed by atoms with Crippen LogP contribution < -0.4 is 5.09 Å². The number of carbonyl (C=O) groups excluding carboxylic acids is 1. The number of amides is 1. The maximum atomic E-state index is 10.5. The Hall–Kier alpha value is -0.100. The zero-order valence-corrected chi connectivity index (χ0v) is 6.32. The van der Waals surface area contributed by atoms with Crippen LogP contribution in [-0.2, 0) is 4.79 Å². The van der Waals surface area contributed by atoms with Crippen molar-refractivity contribution in [3.8, 4) is 0 Å². The van der Waals surface area contributed by atoms with Gasteiger partial charge in [-0.05, 0) is 21.8 Å². The molecule has 0 saturated carbocycles. The standard InChI is InChI=1S/C5H12NOP/c1-3-4-5(7)6-8-2/h8H,3-4H2,1-2H3,(H,6,7). The van der Waals surface area contributed by atoms with Crippen molar-refractivity contribution in [3.05, 3.63) is 0 Å². The second-order valence-electron chi connectivity index (χ2n) is 1.55. The van der Waals surface area contributed by atoms with Crippen LogP contribution in [-0.4, -0.2) is 12.6 Å². The molecule has 0 fully saturated rings. The number of carbonyl (C=O) groups is 1. The van der Waals surface area contributed by atoms with Gasteiger partial charge < -0.3 is 5.09 Å². The minimum absolute atomic E-state index is 0.174. The van der Waals surface area contributed by atoms with Gasteiger partial charge >= 0.3 is 0 Å². The lowest BCUT2D eigenvalue weighted by Gasteiger charge is -1.96. The fraction of sp³-hybridized carbons (Fsp3) is 0.800. The average molecular weight is 133 g/mol. The van der Waals surface area contributed by atoms with E-state index >= 15 is 0 Å². The molecule has 1 atom stereocenters. The van der Waals surface area contributed by atoms with E-state index < -0.39 is 0 Å². The monoisotopic (exact) mass is 133 g/mol. The number of hydrogen-bond acceptors (Lipinski definition) is 1. The molecule has 0 aliphatic carbocycles. The fourth-order valence-corrected chi connectivity index (χ4v) is 0.833. The topological polar surface area (TPSA) is 29.1 Å². The lowest BCUT2D eigenvalue weighted by Crippen LogP contribution is -2.12. The van der Waals surface area contributed by atoms with Crippen LogP contribution in [0.25, 0.3) is 0 Å². The van der Waals surface area contributed by atoms with E-state index in [9.17, 15) is 4.79 Å². The molecule has 48 valence electrons. The van der Waals surface area contributed by atoms with Crippen molar-refractivity contribution in [1.29, 1.82) is 0 Å². The molecule has 0 aliphatic heterocycles. The summed E-state index contributed by atoms with van der Waals surface area (Å²) < 4.78 is 0. The average Bonchev–Trinajstić information content (AvgIpc) is 1.68. The third kappa shape index (κ3) is 4.07. The molecule has 8 heavy (non-hydrogen) atoms. The summed E-state index contributed by atoms with van der Waals surface area (Å²) in [5.41, 5.74) is 0. The Balaban J connectivity index is 3.06. The third-order valence-electron chi connectivity index (χ3n) is 0.741. The lowest BCUT2D eigenvalue weighted by molar-refractivity contribution is -0.119. The van der Waals surface area contributed by atoms with E-state index in [0.29, 0.717) is 15.2 Å². The molecule has 0 aromatic carbocycles. The number of hydrogen-bond donors (Lipinski definition) is 1. The van der Waals surface area contributed by atoms with Crippen molar-refractivity contribution in [3.63, 3.8) is 0 Å². The van der Waals surface area contributed by atoms with Crippen LogP contribution in [0.15, 0.2) is 0 Å². The van der Waals surface area contributed by atoms with Gasteiger partial charge in [-0.3, -0.25) is 4.79 Å². The maximum Gasteiger partial charge on any atom is 0.222 e. The van der Waals surface area contributed by atoms with Crippen LogP contribution in [0.5, 0.6) is 0 Å². The van der Waals surface area contributed by atoms with E-state index in [1.165, 1.54) is 0 Å². The molecular formula is C5H12NOP. The number of rotatable bonds is 3. The molecule has 0 radical (unpaired) electrons. The third-order valence-corrected chi connectivity index (χ3v) is 1.27. The van der Waals surface area contributed by atoms with E-state index in [0.717, 1.165) is 6.42 Å². The molecule has 0 bridgehead atoms. The summed E-state index contributed by atoms with van der Waals surface area (Å²) in [5, 5.41) is 2.74. The van der Waals surface area contributed by atoms with Crippen molar-refractivity contribution >= 4 is 14.6 Å². The van der Waals surface area contributed by atoms with Crippen molar-refractivity contribution in [1.82, 2.24) is 5.09 Å². The summed E-state index contributed by atoms with van der Waals surface area (Å²) >= 11 is 0.